The Hall–Kier alpha value is -0.650. The smallest absolute Gasteiger partial charge is 0.151 e. The van der Waals surface area contributed by atoms with Gasteiger partial charge in [0, 0.05) is 12.6 Å². The molecular formula is C11H13ClFNO2S. The lowest BCUT2D eigenvalue weighted by Crippen LogP contribution is -2.29. The van der Waals surface area contributed by atoms with Crippen LogP contribution in [-0.2, 0) is 16.4 Å². The van der Waals surface area contributed by atoms with Gasteiger partial charge >= 0.3 is 0 Å². The van der Waals surface area contributed by atoms with E-state index in [0.29, 0.717) is 13.0 Å². The van der Waals surface area contributed by atoms with Gasteiger partial charge in [-0.3, -0.25) is 0 Å². The second-order valence-corrected chi connectivity index (χ2v) is 6.87. The molecule has 1 aromatic rings. The molecule has 2 rings (SSSR count). The van der Waals surface area contributed by atoms with E-state index in [1.54, 1.807) is 12.1 Å². The van der Waals surface area contributed by atoms with E-state index in [2.05, 4.69) is 5.32 Å². The van der Waals surface area contributed by atoms with E-state index in [-0.39, 0.29) is 22.6 Å². The Labute approximate surface area is 105 Å². The number of benzene rings is 1. The summed E-state index contributed by atoms with van der Waals surface area (Å²) < 4.78 is 35.4. The van der Waals surface area contributed by atoms with Crippen molar-refractivity contribution in [3.63, 3.8) is 0 Å². The summed E-state index contributed by atoms with van der Waals surface area (Å²) in [5.41, 5.74) is 0.848. The second kappa shape index (κ2) is 4.92. The van der Waals surface area contributed by atoms with E-state index in [4.69, 9.17) is 11.6 Å². The van der Waals surface area contributed by atoms with Crippen LogP contribution in [0.15, 0.2) is 18.2 Å². The van der Waals surface area contributed by atoms with E-state index < -0.39 is 15.7 Å². The lowest BCUT2D eigenvalue weighted by atomic mass is 10.2. The number of sulfone groups is 1. The number of hydrogen-bond donors (Lipinski definition) is 1. The molecule has 0 aromatic heterocycles. The van der Waals surface area contributed by atoms with Gasteiger partial charge in [0.25, 0.3) is 0 Å². The summed E-state index contributed by atoms with van der Waals surface area (Å²) in [6, 6.07) is 4.49. The third kappa shape index (κ3) is 3.40. The summed E-state index contributed by atoms with van der Waals surface area (Å²) in [5.74, 6) is -0.0182. The maximum absolute atomic E-state index is 12.9. The molecule has 0 bridgehead atoms. The quantitative estimate of drug-likeness (QED) is 0.916. The summed E-state index contributed by atoms with van der Waals surface area (Å²) in [7, 11) is -2.86. The molecule has 1 aromatic carbocycles. The van der Waals surface area contributed by atoms with E-state index in [0.717, 1.165) is 5.56 Å². The molecule has 0 amide bonds. The Kier molecular flexibility index (Phi) is 3.70. The molecule has 1 saturated heterocycles. The van der Waals surface area contributed by atoms with Gasteiger partial charge in [0.15, 0.2) is 9.84 Å². The van der Waals surface area contributed by atoms with Crippen LogP contribution in [0.25, 0.3) is 0 Å². The van der Waals surface area contributed by atoms with Crippen LogP contribution in [-0.4, -0.2) is 26.0 Å². The molecule has 0 saturated carbocycles. The Morgan fingerprint density at radius 2 is 2.24 bits per heavy atom. The van der Waals surface area contributed by atoms with E-state index in [1.807, 2.05) is 0 Å². The minimum atomic E-state index is -2.86. The highest BCUT2D eigenvalue weighted by Crippen LogP contribution is 2.17. The van der Waals surface area contributed by atoms with Gasteiger partial charge in [0.2, 0.25) is 0 Å². The summed E-state index contributed by atoms with van der Waals surface area (Å²) in [6.45, 7) is 0.500. The minimum absolute atomic E-state index is 0.0103. The van der Waals surface area contributed by atoms with E-state index in [9.17, 15) is 12.8 Å². The van der Waals surface area contributed by atoms with E-state index >= 15 is 0 Å². The monoisotopic (exact) mass is 277 g/mol. The molecule has 0 aliphatic carbocycles. The minimum Gasteiger partial charge on any atom is -0.309 e. The van der Waals surface area contributed by atoms with Crippen molar-refractivity contribution in [3.05, 3.63) is 34.6 Å². The summed E-state index contributed by atoms with van der Waals surface area (Å²) >= 11 is 5.66. The van der Waals surface area contributed by atoms with Gasteiger partial charge in [-0.1, -0.05) is 17.7 Å². The normalized spacial score (nSPS) is 22.8. The Bertz CT molecular complexity index is 518. The number of halogens is 2. The average molecular weight is 278 g/mol. The summed E-state index contributed by atoms with van der Waals surface area (Å²) in [4.78, 5) is 0. The second-order valence-electron chi connectivity index (χ2n) is 4.23. The Morgan fingerprint density at radius 3 is 2.82 bits per heavy atom. The van der Waals surface area contributed by atoms with Crippen LogP contribution in [0.2, 0.25) is 5.02 Å². The number of rotatable bonds is 3. The van der Waals surface area contributed by atoms with E-state index in [1.165, 1.54) is 6.07 Å². The fourth-order valence-corrected chi connectivity index (χ4v) is 3.78. The Morgan fingerprint density at radius 1 is 1.47 bits per heavy atom. The zero-order valence-electron chi connectivity index (χ0n) is 9.12. The van der Waals surface area contributed by atoms with Crippen molar-refractivity contribution in [2.24, 2.45) is 0 Å². The first kappa shape index (κ1) is 12.8. The lowest BCUT2D eigenvalue weighted by Gasteiger charge is -2.10. The molecule has 1 unspecified atom stereocenters. The maximum Gasteiger partial charge on any atom is 0.151 e. The molecule has 17 heavy (non-hydrogen) atoms. The first-order chi connectivity index (χ1) is 7.96. The van der Waals surface area contributed by atoms with Crippen LogP contribution < -0.4 is 5.32 Å². The molecule has 1 aliphatic heterocycles. The zero-order valence-corrected chi connectivity index (χ0v) is 10.7. The first-order valence-electron chi connectivity index (χ1n) is 5.34. The molecular weight excluding hydrogens is 265 g/mol. The number of nitrogens with one attached hydrogen (secondary N) is 1. The summed E-state index contributed by atoms with van der Waals surface area (Å²) in [6.07, 6.45) is 0.636. The largest absolute Gasteiger partial charge is 0.309 e. The van der Waals surface area contributed by atoms with Crippen molar-refractivity contribution < 1.29 is 12.8 Å². The highest BCUT2D eigenvalue weighted by atomic mass is 35.5. The standard InChI is InChI=1S/C11H13ClFNO2S/c12-10-5-8(1-2-11(10)13)6-14-9-3-4-17(15,16)7-9/h1-2,5,9,14H,3-4,6-7H2. The van der Waals surface area contributed by atoms with Crippen molar-refractivity contribution in [2.75, 3.05) is 11.5 Å². The van der Waals surface area contributed by atoms with Gasteiger partial charge in [-0.15, -0.1) is 0 Å². The predicted octanol–water partition coefficient (Wildman–Crippen LogP) is 1.76. The van der Waals surface area contributed by atoms with Crippen LogP contribution in [0.5, 0.6) is 0 Å². The average Bonchev–Trinajstić information content (AvgIpc) is 2.60. The highest BCUT2D eigenvalue weighted by Gasteiger charge is 2.27. The van der Waals surface area contributed by atoms with Crippen molar-refractivity contribution >= 4 is 21.4 Å². The van der Waals surface area contributed by atoms with Crippen LogP contribution in [0.4, 0.5) is 4.39 Å². The molecule has 94 valence electrons. The van der Waals surface area contributed by atoms with Crippen molar-refractivity contribution in [3.8, 4) is 0 Å². The molecule has 0 spiro atoms. The highest BCUT2D eigenvalue weighted by molar-refractivity contribution is 7.91. The molecule has 1 N–H and O–H groups in total. The zero-order chi connectivity index (χ0) is 12.5. The van der Waals surface area contributed by atoms with Gasteiger partial charge in [-0.2, -0.15) is 0 Å². The van der Waals surface area contributed by atoms with Crippen LogP contribution in [0.3, 0.4) is 0 Å². The molecule has 1 fully saturated rings. The predicted molar refractivity (Wildman–Crippen MR) is 65.3 cm³/mol. The van der Waals surface area contributed by atoms with Crippen molar-refractivity contribution in [1.29, 1.82) is 0 Å². The molecule has 0 radical (unpaired) electrons. The molecule has 3 nitrogen and oxygen atoms in total. The van der Waals surface area contributed by atoms with Gasteiger partial charge in [0.05, 0.1) is 16.5 Å². The van der Waals surface area contributed by atoms with Gasteiger partial charge in [-0.05, 0) is 24.1 Å². The SMILES string of the molecule is O=S1(=O)CCC(NCc2ccc(F)c(Cl)c2)C1. The van der Waals surface area contributed by atoms with Gasteiger partial charge in [0.1, 0.15) is 5.82 Å². The molecule has 6 heteroatoms. The number of hydrogen-bond acceptors (Lipinski definition) is 3. The lowest BCUT2D eigenvalue weighted by molar-refractivity contribution is 0.553. The third-order valence-electron chi connectivity index (χ3n) is 2.81. The van der Waals surface area contributed by atoms with Crippen LogP contribution in [0, 0.1) is 5.82 Å². The third-order valence-corrected chi connectivity index (χ3v) is 4.87. The Balaban J connectivity index is 1.92. The first-order valence-corrected chi connectivity index (χ1v) is 7.54. The van der Waals surface area contributed by atoms with Gasteiger partial charge in [-0.25, -0.2) is 12.8 Å². The molecule has 1 heterocycles. The van der Waals surface area contributed by atoms with Crippen molar-refractivity contribution in [2.45, 2.75) is 19.0 Å². The molecule has 1 aliphatic rings. The van der Waals surface area contributed by atoms with Crippen molar-refractivity contribution in [1.82, 2.24) is 5.32 Å². The summed E-state index contributed by atoms with van der Waals surface area (Å²) in [5, 5.41) is 3.23. The fourth-order valence-electron chi connectivity index (χ4n) is 1.87. The van der Waals surface area contributed by atoms with Crippen LogP contribution >= 0.6 is 11.6 Å². The fraction of sp³-hybridized carbons (Fsp3) is 0.455. The molecule has 1 atom stereocenters. The van der Waals surface area contributed by atoms with Crippen LogP contribution in [0.1, 0.15) is 12.0 Å². The van der Waals surface area contributed by atoms with Gasteiger partial charge < -0.3 is 5.32 Å². The maximum atomic E-state index is 12.9. The topological polar surface area (TPSA) is 46.2 Å².